The van der Waals surface area contributed by atoms with Gasteiger partial charge in [-0.2, -0.15) is 5.26 Å². The van der Waals surface area contributed by atoms with Crippen LogP contribution in [0.1, 0.15) is 39.5 Å². The summed E-state index contributed by atoms with van der Waals surface area (Å²) in [6.45, 7) is 6.01. The molecule has 0 aromatic heterocycles. The van der Waals surface area contributed by atoms with Gasteiger partial charge in [-0.1, -0.05) is 13.8 Å². The lowest BCUT2D eigenvalue weighted by molar-refractivity contribution is 0.165. The smallest absolute Gasteiger partial charge is 0.106 e. The van der Waals surface area contributed by atoms with Crippen LogP contribution in [0.15, 0.2) is 0 Å². The Labute approximate surface area is 99.2 Å². The van der Waals surface area contributed by atoms with Crippen LogP contribution < -0.4 is 5.32 Å². The molecule has 0 bridgehead atoms. The first kappa shape index (κ1) is 13.5. The first-order valence-electron chi connectivity index (χ1n) is 6.29. The number of rotatable bonds is 5. The molecule has 16 heavy (non-hydrogen) atoms. The summed E-state index contributed by atoms with van der Waals surface area (Å²) in [5.41, 5.74) is -0.288. The van der Waals surface area contributed by atoms with Gasteiger partial charge in [-0.25, -0.2) is 0 Å². The third kappa shape index (κ3) is 3.47. The lowest BCUT2D eigenvalue weighted by Gasteiger charge is -2.37. The minimum Gasteiger partial charge on any atom is -0.383 e. The molecule has 1 aliphatic rings. The highest BCUT2D eigenvalue weighted by Crippen LogP contribution is 2.35. The fraction of sp³-hybridized carbons (Fsp3) is 0.923. The zero-order valence-electron chi connectivity index (χ0n) is 10.8. The van der Waals surface area contributed by atoms with Gasteiger partial charge in [-0.3, -0.25) is 5.32 Å². The Hall–Kier alpha value is -0.590. The summed E-state index contributed by atoms with van der Waals surface area (Å²) in [7, 11) is 1.69. The number of hydrogen-bond donors (Lipinski definition) is 1. The van der Waals surface area contributed by atoms with Crippen molar-refractivity contribution in [1.29, 1.82) is 5.26 Å². The molecule has 0 saturated heterocycles. The molecule has 1 aliphatic carbocycles. The van der Waals surface area contributed by atoms with E-state index in [-0.39, 0.29) is 5.54 Å². The largest absolute Gasteiger partial charge is 0.383 e. The normalized spacial score (nSPS) is 30.3. The van der Waals surface area contributed by atoms with Crippen LogP contribution in [0, 0.1) is 23.2 Å². The van der Waals surface area contributed by atoms with Crippen molar-refractivity contribution < 1.29 is 4.74 Å². The molecule has 0 amide bonds. The fourth-order valence-corrected chi connectivity index (χ4v) is 2.52. The van der Waals surface area contributed by atoms with Crippen molar-refractivity contribution >= 4 is 0 Å². The molecule has 0 aromatic rings. The van der Waals surface area contributed by atoms with Crippen LogP contribution >= 0.6 is 0 Å². The van der Waals surface area contributed by atoms with Gasteiger partial charge in [0.15, 0.2) is 0 Å². The monoisotopic (exact) mass is 224 g/mol. The Bertz CT molecular complexity index is 237. The third-order valence-electron chi connectivity index (χ3n) is 3.81. The maximum Gasteiger partial charge on any atom is 0.106 e. The molecule has 0 spiro atoms. The average molecular weight is 224 g/mol. The highest BCUT2D eigenvalue weighted by atomic mass is 16.5. The van der Waals surface area contributed by atoms with E-state index in [1.807, 2.05) is 0 Å². The van der Waals surface area contributed by atoms with E-state index in [9.17, 15) is 5.26 Å². The zero-order valence-corrected chi connectivity index (χ0v) is 10.8. The summed E-state index contributed by atoms with van der Waals surface area (Å²) >= 11 is 0. The van der Waals surface area contributed by atoms with E-state index in [2.05, 4.69) is 25.2 Å². The van der Waals surface area contributed by atoms with E-state index in [1.54, 1.807) is 7.11 Å². The summed E-state index contributed by atoms with van der Waals surface area (Å²) in [6, 6.07) is 2.47. The van der Waals surface area contributed by atoms with Crippen LogP contribution in [0.5, 0.6) is 0 Å². The lowest BCUT2D eigenvalue weighted by atomic mass is 9.73. The molecule has 1 fully saturated rings. The molecule has 3 nitrogen and oxygen atoms in total. The third-order valence-corrected chi connectivity index (χ3v) is 3.81. The molecule has 1 N–H and O–H groups in total. The maximum atomic E-state index is 9.31. The summed E-state index contributed by atoms with van der Waals surface area (Å²) in [5, 5.41) is 12.7. The van der Waals surface area contributed by atoms with Crippen LogP contribution in [-0.2, 0) is 4.74 Å². The van der Waals surface area contributed by atoms with E-state index >= 15 is 0 Å². The van der Waals surface area contributed by atoms with Gasteiger partial charge in [0.1, 0.15) is 5.54 Å². The van der Waals surface area contributed by atoms with Crippen LogP contribution in [0.3, 0.4) is 0 Å². The Morgan fingerprint density at radius 1 is 1.44 bits per heavy atom. The molecule has 0 unspecified atom stereocenters. The van der Waals surface area contributed by atoms with E-state index < -0.39 is 0 Å². The summed E-state index contributed by atoms with van der Waals surface area (Å²) < 4.78 is 5.01. The fourth-order valence-electron chi connectivity index (χ4n) is 2.52. The Morgan fingerprint density at radius 3 is 2.50 bits per heavy atom. The molecular weight excluding hydrogens is 200 g/mol. The molecule has 1 saturated carbocycles. The molecule has 0 radical (unpaired) electrons. The second-order valence-electron chi connectivity index (χ2n) is 5.19. The minimum absolute atomic E-state index is 0.288. The molecule has 0 atom stereocenters. The number of hydrogen-bond acceptors (Lipinski definition) is 3. The quantitative estimate of drug-likeness (QED) is 0.729. The van der Waals surface area contributed by atoms with Crippen LogP contribution in [-0.4, -0.2) is 25.8 Å². The Balaban J connectivity index is 2.43. The summed E-state index contributed by atoms with van der Waals surface area (Å²) in [6.07, 6.45) is 4.31. The lowest BCUT2D eigenvalue weighted by Crippen LogP contribution is -2.48. The first-order chi connectivity index (χ1) is 7.63. The van der Waals surface area contributed by atoms with E-state index in [4.69, 9.17) is 4.74 Å². The molecule has 0 aromatic carbocycles. The average Bonchev–Trinajstić information content (AvgIpc) is 2.30. The molecule has 92 valence electrons. The highest BCUT2D eigenvalue weighted by Gasteiger charge is 2.35. The van der Waals surface area contributed by atoms with Gasteiger partial charge in [-0.15, -0.1) is 0 Å². The Morgan fingerprint density at radius 2 is 2.06 bits per heavy atom. The number of nitriles is 1. The van der Waals surface area contributed by atoms with Gasteiger partial charge in [-0.05, 0) is 37.5 Å². The second kappa shape index (κ2) is 6.22. The minimum atomic E-state index is -0.288. The molecule has 3 heteroatoms. The van der Waals surface area contributed by atoms with Crippen molar-refractivity contribution in [3.8, 4) is 6.07 Å². The van der Waals surface area contributed by atoms with Crippen molar-refractivity contribution in [1.82, 2.24) is 5.32 Å². The van der Waals surface area contributed by atoms with Gasteiger partial charge in [0, 0.05) is 13.7 Å². The van der Waals surface area contributed by atoms with Gasteiger partial charge in [0.2, 0.25) is 0 Å². The summed E-state index contributed by atoms with van der Waals surface area (Å²) in [4.78, 5) is 0. The van der Waals surface area contributed by atoms with E-state index in [0.29, 0.717) is 6.61 Å². The predicted molar refractivity (Wildman–Crippen MR) is 65.0 cm³/mol. The van der Waals surface area contributed by atoms with Gasteiger partial charge in [0.25, 0.3) is 0 Å². The molecule has 0 aliphatic heterocycles. The van der Waals surface area contributed by atoms with E-state index in [1.165, 1.54) is 12.8 Å². The number of nitrogens with zero attached hydrogens (tertiary/aromatic N) is 1. The van der Waals surface area contributed by atoms with Crippen LogP contribution in [0.25, 0.3) is 0 Å². The topological polar surface area (TPSA) is 45.0 Å². The van der Waals surface area contributed by atoms with E-state index in [0.717, 1.165) is 31.2 Å². The molecular formula is C13H24N2O. The highest BCUT2D eigenvalue weighted by molar-refractivity contribution is 5.09. The van der Waals surface area contributed by atoms with Gasteiger partial charge < -0.3 is 4.74 Å². The summed E-state index contributed by atoms with van der Waals surface area (Å²) in [5.74, 6) is 1.54. The standard InChI is InChI=1S/C13H24N2O/c1-11(2)12-4-6-13(10-14,7-5-12)15-8-9-16-3/h11-12,15H,4-9H2,1-3H3. The van der Waals surface area contributed by atoms with Crippen molar-refractivity contribution in [2.45, 2.75) is 45.1 Å². The zero-order chi connectivity index (χ0) is 12.0. The maximum absolute atomic E-state index is 9.31. The van der Waals surface area contributed by atoms with Crippen LogP contribution in [0.4, 0.5) is 0 Å². The van der Waals surface area contributed by atoms with Crippen molar-refractivity contribution in [3.05, 3.63) is 0 Å². The van der Waals surface area contributed by atoms with Crippen molar-refractivity contribution in [3.63, 3.8) is 0 Å². The second-order valence-corrected chi connectivity index (χ2v) is 5.19. The molecule has 1 rings (SSSR count). The van der Waals surface area contributed by atoms with Crippen molar-refractivity contribution in [2.24, 2.45) is 11.8 Å². The first-order valence-corrected chi connectivity index (χ1v) is 6.29. The number of ether oxygens (including phenoxy) is 1. The SMILES string of the molecule is COCCNC1(C#N)CCC(C(C)C)CC1. The van der Waals surface area contributed by atoms with Gasteiger partial charge in [0.05, 0.1) is 12.7 Å². The van der Waals surface area contributed by atoms with Crippen LogP contribution in [0.2, 0.25) is 0 Å². The Kier molecular flexibility index (Phi) is 5.24. The van der Waals surface area contributed by atoms with Gasteiger partial charge >= 0.3 is 0 Å². The van der Waals surface area contributed by atoms with Crippen molar-refractivity contribution in [2.75, 3.05) is 20.3 Å². The number of nitrogens with one attached hydrogen (secondary N) is 1. The molecule has 0 heterocycles. The predicted octanol–water partition coefficient (Wildman–Crippen LogP) is 2.33. The number of methoxy groups -OCH3 is 1.